The predicted molar refractivity (Wildman–Crippen MR) is 93.0 cm³/mol. The van der Waals surface area contributed by atoms with Crippen LogP contribution in [0.15, 0.2) is 18.6 Å². The van der Waals surface area contributed by atoms with Gasteiger partial charge in [0.2, 0.25) is 5.91 Å². The van der Waals surface area contributed by atoms with Gasteiger partial charge in [0.15, 0.2) is 0 Å². The van der Waals surface area contributed by atoms with Gasteiger partial charge in [-0.25, -0.2) is 4.98 Å². The van der Waals surface area contributed by atoms with Crippen molar-refractivity contribution in [1.82, 2.24) is 20.2 Å². The average molecular weight is 350 g/mol. The Labute approximate surface area is 144 Å². The lowest BCUT2D eigenvalue weighted by atomic mass is 9.95. The highest BCUT2D eigenvalue weighted by Gasteiger charge is 2.27. The maximum atomic E-state index is 12.3. The van der Waals surface area contributed by atoms with Crippen LogP contribution in [0.5, 0.6) is 0 Å². The molecule has 0 radical (unpaired) electrons. The summed E-state index contributed by atoms with van der Waals surface area (Å²) in [5.41, 5.74) is 0. The number of amides is 1. The third-order valence-electron chi connectivity index (χ3n) is 3.79. The van der Waals surface area contributed by atoms with Gasteiger partial charge in [-0.05, 0) is 19.9 Å². The Morgan fingerprint density at radius 2 is 2.05 bits per heavy atom. The molecule has 1 N–H and O–H groups in total. The lowest BCUT2D eigenvalue weighted by Crippen LogP contribution is -2.43. The van der Waals surface area contributed by atoms with Gasteiger partial charge >= 0.3 is 0 Å². The lowest BCUT2D eigenvalue weighted by Gasteiger charge is -2.33. The van der Waals surface area contributed by atoms with E-state index in [4.69, 9.17) is 0 Å². The molecule has 0 spiro atoms. The smallest absolute Gasteiger partial charge is 0.225 e. The van der Waals surface area contributed by atoms with Crippen LogP contribution in [0.1, 0.15) is 12.8 Å². The summed E-state index contributed by atoms with van der Waals surface area (Å²) in [5.74, 6) is 1.31. The Bertz CT molecular complexity index is 427. The fraction of sp³-hybridized carbons (Fsp3) is 0.643. The Hall–Kier alpha value is -1.11. The van der Waals surface area contributed by atoms with Crippen LogP contribution in [-0.2, 0) is 4.79 Å². The highest BCUT2D eigenvalue weighted by Crippen LogP contribution is 2.22. The molecule has 1 aromatic heterocycles. The molecular formula is C14H25Cl2N5O. The summed E-state index contributed by atoms with van der Waals surface area (Å²) in [7, 11) is 3.78. The molecule has 0 aromatic carbocycles. The number of carbonyl (C=O) groups is 1. The summed E-state index contributed by atoms with van der Waals surface area (Å²) in [5, 5.41) is 3.07. The average Bonchev–Trinajstić information content (AvgIpc) is 2.53. The first-order valence-electron chi connectivity index (χ1n) is 7.13. The van der Waals surface area contributed by atoms with Crippen LogP contribution in [0, 0.1) is 5.92 Å². The molecule has 22 heavy (non-hydrogen) atoms. The Morgan fingerprint density at radius 3 is 2.59 bits per heavy atom. The summed E-state index contributed by atoms with van der Waals surface area (Å²) >= 11 is 0. The molecule has 1 aliphatic heterocycles. The largest absolute Gasteiger partial charge is 0.355 e. The highest BCUT2D eigenvalue weighted by atomic mass is 35.5. The predicted octanol–water partition coefficient (Wildman–Crippen LogP) is 1.21. The van der Waals surface area contributed by atoms with Crippen molar-refractivity contribution in [2.24, 2.45) is 5.92 Å². The number of hydrogen-bond donors (Lipinski definition) is 1. The monoisotopic (exact) mass is 349 g/mol. The number of carbonyl (C=O) groups excluding carboxylic acids is 1. The van der Waals surface area contributed by atoms with Crippen LogP contribution in [-0.4, -0.2) is 61.0 Å². The van der Waals surface area contributed by atoms with Gasteiger partial charge in [0.1, 0.15) is 5.82 Å². The van der Waals surface area contributed by atoms with Gasteiger partial charge in [0.05, 0.1) is 6.20 Å². The second-order valence-corrected chi connectivity index (χ2v) is 5.19. The van der Waals surface area contributed by atoms with E-state index in [1.807, 2.05) is 19.0 Å². The van der Waals surface area contributed by atoms with E-state index < -0.39 is 0 Å². The first-order valence-corrected chi connectivity index (χ1v) is 7.13. The molecule has 0 bridgehead atoms. The topological polar surface area (TPSA) is 61.4 Å². The van der Waals surface area contributed by atoms with Gasteiger partial charge < -0.3 is 15.1 Å². The second kappa shape index (κ2) is 10.6. The molecule has 0 aliphatic carbocycles. The van der Waals surface area contributed by atoms with E-state index in [-0.39, 0.29) is 36.6 Å². The number of aromatic nitrogens is 2. The summed E-state index contributed by atoms with van der Waals surface area (Å²) in [6.45, 7) is 3.34. The number of rotatable bonds is 5. The lowest BCUT2D eigenvalue weighted by molar-refractivity contribution is -0.134. The fourth-order valence-corrected chi connectivity index (χ4v) is 2.51. The molecule has 1 aromatic rings. The number of hydrogen-bond acceptors (Lipinski definition) is 5. The third-order valence-corrected chi connectivity index (χ3v) is 3.79. The number of likely N-dealkylation sites (N-methyl/N-ethyl adjacent to an activating group) is 2. The van der Waals surface area contributed by atoms with Crippen LogP contribution in [0.25, 0.3) is 0 Å². The van der Waals surface area contributed by atoms with E-state index in [2.05, 4.69) is 20.2 Å². The molecule has 1 amide bonds. The third kappa shape index (κ3) is 5.59. The summed E-state index contributed by atoms with van der Waals surface area (Å²) in [4.78, 5) is 24.7. The molecule has 8 heteroatoms. The van der Waals surface area contributed by atoms with Crippen LogP contribution >= 0.6 is 24.8 Å². The molecule has 1 saturated heterocycles. The Morgan fingerprint density at radius 1 is 1.36 bits per heavy atom. The van der Waals surface area contributed by atoms with Crippen molar-refractivity contribution >= 4 is 36.5 Å². The Kier molecular flexibility index (Phi) is 10.1. The fourth-order valence-electron chi connectivity index (χ4n) is 2.51. The quantitative estimate of drug-likeness (QED) is 0.865. The van der Waals surface area contributed by atoms with E-state index in [9.17, 15) is 4.79 Å². The van der Waals surface area contributed by atoms with Crippen LogP contribution in [0.4, 0.5) is 5.82 Å². The van der Waals surface area contributed by atoms with Gasteiger partial charge in [0, 0.05) is 51.5 Å². The van der Waals surface area contributed by atoms with Crippen molar-refractivity contribution in [3.63, 3.8) is 0 Å². The van der Waals surface area contributed by atoms with Gasteiger partial charge in [-0.1, -0.05) is 0 Å². The number of halogens is 2. The van der Waals surface area contributed by atoms with Crippen LogP contribution in [0.3, 0.4) is 0 Å². The summed E-state index contributed by atoms with van der Waals surface area (Å²) in [6.07, 6.45) is 6.94. The zero-order chi connectivity index (χ0) is 14.4. The second-order valence-electron chi connectivity index (χ2n) is 5.19. The molecular weight excluding hydrogens is 325 g/mol. The molecule has 2 heterocycles. The van der Waals surface area contributed by atoms with Gasteiger partial charge in [0.25, 0.3) is 0 Å². The summed E-state index contributed by atoms with van der Waals surface area (Å²) in [6, 6.07) is 0. The number of anilines is 1. The molecule has 6 nitrogen and oxygen atoms in total. The maximum Gasteiger partial charge on any atom is 0.225 e. The standard InChI is InChI=1S/C14H23N5O.2ClH/c1-15-7-10-18(2)14(20)12-3-8-19(9-4-12)13-11-16-5-6-17-13;;/h5-6,11-12,15H,3-4,7-10H2,1-2H3;2*1H. The van der Waals surface area contributed by atoms with Crippen molar-refractivity contribution < 1.29 is 4.79 Å². The SMILES string of the molecule is CNCCN(C)C(=O)C1CCN(c2cnccn2)CC1.Cl.Cl. The van der Waals surface area contributed by atoms with Crippen molar-refractivity contribution in [3.8, 4) is 0 Å². The van der Waals surface area contributed by atoms with Gasteiger partial charge in [-0.2, -0.15) is 0 Å². The zero-order valence-corrected chi connectivity index (χ0v) is 14.7. The number of nitrogens with zero attached hydrogens (tertiary/aromatic N) is 4. The minimum absolute atomic E-state index is 0. The molecule has 0 unspecified atom stereocenters. The normalized spacial score (nSPS) is 14.7. The van der Waals surface area contributed by atoms with Gasteiger partial charge in [-0.3, -0.25) is 9.78 Å². The maximum absolute atomic E-state index is 12.3. The van der Waals surface area contributed by atoms with Crippen LogP contribution < -0.4 is 10.2 Å². The van der Waals surface area contributed by atoms with E-state index in [0.29, 0.717) is 0 Å². The van der Waals surface area contributed by atoms with E-state index in [1.54, 1.807) is 18.6 Å². The first kappa shape index (κ1) is 20.9. The first-order chi connectivity index (χ1) is 9.72. The highest BCUT2D eigenvalue weighted by molar-refractivity contribution is 5.85. The van der Waals surface area contributed by atoms with E-state index in [0.717, 1.165) is 44.8 Å². The molecule has 2 rings (SSSR count). The van der Waals surface area contributed by atoms with Crippen molar-refractivity contribution in [1.29, 1.82) is 0 Å². The number of nitrogens with one attached hydrogen (secondary N) is 1. The van der Waals surface area contributed by atoms with E-state index >= 15 is 0 Å². The molecule has 126 valence electrons. The van der Waals surface area contributed by atoms with Crippen molar-refractivity contribution in [3.05, 3.63) is 18.6 Å². The number of piperidine rings is 1. The molecule has 0 atom stereocenters. The molecule has 0 saturated carbocycles. The van der Waals surface area contributed by atoms with E-state index in [1.165, 1.54) is 0 Å². The Balaban J connectivity index is 0.00000220. The molecule has 1 fully saturated rings. The minimum atomic E-state index is 0. The van der Waals surface area contributed by atoms with Crippen molar-refractivity contribution in [2.45, 2.75) is 12.8 Å². The summed E-state index contributed by atoms with van der Waals surface area (Å²) < 4.78 is 0. The van der Waals surface area contributed by atoms with Crippen LogP contribution in [0.2, 0.25) is 0 Å². The van der Waals surface area contributed by atoms with Gasteiger partial charge in [-0.15, -0.1) is 24.8 Å². The molecule has 1 aliphatic rings. The minimum Gasteiger partial charge on any atom is -0.355 e. The zero-order valence-electron chi connectivity index (χ0n) is 13.1. The van der Waals surface area contributed by atoms with Crippen molar-refractivity contribution in [2.75, 3.05) is 45.2 Å².